The normalized spacial score (nSPS) is 20.6. The summed E-state index contributed by atoms with van der Waals surface area (Å²) in [7, 11) is 3.19. The van der Waals surface area contributed by atoms with Crippen LogP contribution in [0.3, 0.4) is 0 Å². The molecular formula is C29H32N4O4S2. The molecule has 1 saturated carbocycles. The fraction of sp³-hybridized carbons (Fsp3) is 0.379. The van der Waals surface area contributed by atoms with Gasteiger partial charge in [-0.25, -0.2) is 4.98 Å². The molecule has 2 fully saturated rings. The number of hydrogen-bond acceptors (Lipinski definition) is 8. The van der Waals surface area contributed by atoms with E-state index in [1.54, 1.807) is 37.5 Å². The van der Waals surface area contributed by atoms with E-state index in [1.807, 2.05) is 30.3 Å². The lowest BCUT2D eigenvalue weighted by Crippen LogP contribution is -2.30. The largest absolute Gasteiger partial charge is 0.493 e. The summed E-state index contributed by atoms with van der Waals surface area (Å²) in [5, 5.41) is 3.52. The van der Waals surface area contributed by atoms with E-state index in [0.29, 0.717) is 56.6 Å². The molecule has 1 N–H and O–H groups in total. The first-order valence-electron chi connectivity index (χ1n) is 13.1. The van der Waals surface area contributed by atoms with E-state index in [2.05, 4.69) is 12.2 Å². The second-order valence-electron chi connectivity index (χ2n) is 9.98. The zero-order valence-corrected chi connectivity index (χ0v) is 23.9. The Hall–Kier alpha value is -3.37. The van der Waals surface area contributed by atoms with E-state index in [4.69, 9.17) is 26.7 Å². The minimum absolute atomic E-state index is 0.208. The fourth-order valence-electron chi connectivity index (χ4n) is 5.04. The molecular weight excluding hydrogens is 532 g/mol. The number of rotatable bonds is 8. The molecule has 0 bridgehead atoms. The van der Waals surface area contributed by atoms with Gasteiger partial charge < -0.3 is 14.8 Å². The van der Waals surface area contributed by atoms with Crippen molar-refractivity contribution in [2.75, 3.05) is 26.1 Å². The molecule has 204 valence electrons. The SMILES string of the molecule is COc1ccc(CCN2C(=O)C(=Cc3c(NC4CCC(C)CC4)nc4ccccn4c3=O)SC2=S)cc1OC. The predicted molar refractivity (Wildman–Crippen MR) is 160 cm³/mol. The molecule has 39 heavy (non-hydrogen) atoms. The summed E-state index contributed by atoms with van der Waals surface area (Å²) in [6, 6.07) is 11.4. The van der Waals surface area contributed by atoms with E-state index in [1.165, 1.54) is 16.2 Å². The number of thiocarbonyl (C=S) groups is 1. The Balaban J connectivity index is 1.41. The number of amides is 1. The van der Waals surface area contributed by atoms with Gasteiger partial charge in [0, 0.05) is 18.8 Å². The van der Waals surface area contributed by atoms with Gasteiger partial charge in [0.15, 0.2) is 11.5 Å². The number of aromatic nitrogens is 2. The Morgan fingerprint density at radius 1 is 1.10 bits per heavy atom. The van der Waals surface area contributed by atoms with Crippen LogP contribution >= 0.6 is 24.0 Å². The molecule has 2 aliphatic rings. The van der Waals surface area contributed by atoms with Crippen molar-refractivity contribution in [1.29, 1.82) is 0 Å². The Morgan fingerprint density at radius 2 is 1.87 bits per heavy atom. The van der Waals surface area contributed by atoms with Crippen LogP contribution in [0.4, 0.5) is 5.82 Å². The Bertz CT molecular complexity index is 1490. The Kier molecular flexibility index (Phi) is 8.23. The summed E-state index contributed by atoms with van der Waals surface area (Å²) in [6.07, 6.45) is 8.26. The number of benzene rings is 1. The second kappa shape index (κ2) is 11.8. The van der Waals surface area contributed by atoms with Crippen LogP contribution < -0.4 is 20.3 Å². The number of anilines is 1. The van der Waals surface area contributed by atoms with Gasteiger partial charge in [-0.15, -0.1) is 0 Å². The molecule has 0 spiro atoms. The number of fused-ring (bicyclic) bond motifs is 1. The number of pyridine rings is 1. The number of methoxy groups -OCH3 is 2. The van der Waals surface area contributed by atoms with Gasteiger partial charge in [0.25, 0.3) is 11.5 Å². The zero-order chi connectivity index (χ0) is 27.5. The summed E-state index contributed by atoms with van der Waals surface area (Å²) in [4.78, 5) is 33.8. The number of carbonyl (C=O) groups excluding carboxylic acids is 1. The quantitative estimate of drug-likeness (QED) is 0.297. The van der Waals surface area contributed by atoms with Crippen LogP contribution in [-0.4, -0.2) is 51.3 Å². The average molecular weight is 565 g/mol. The smallest absolute Gasteiger partial charge is 0.267 e. The highest BCUT2D eigenvalue weighted by Gasteiger charge is 2.32. The lowest BCUT2D eigenvalue weighted by Gasteiger charge is -2.27. The number of hydrogen-bond donors (Lipinski definition) is 1. The number of nitrogens with one attached hydrogen (secondary N) is 1. The minimum Gasteiger partial charge on any atom is -0.493 e. The number of nitrogens with zero attached hydrogens (tertiary/aromatic N) is 3. The Morgan fingerprint density at radius 3 is 2.62 bits per heavy atom. The highest BCUT2D eigenvalue weighted by molar-refractivity contribution is 8.26. The molecule has 0 atom stereocenters. The van der Waals surface area contributed by atoms with Crippen LogP contribution in [-0.2, 0) is 11.2 Å². The molecule has 5 rings (SSSR count). The maximum atomic E-state index is 13.6. The van der Waals surface area contributed by atoms with E-state index in [9.17, 15) is 9.59 Å². The van der Waals surface area contributed by atoms with Gasteiger partial charge >= 0.3 is 0 Å². The summed E-state index contributed by atoms with van der Waals surface area (Å²) in [5.41, 5.74) is 1.71. The molecule has 1 aliphatic heterocycles. The first-order valence-corrected chi connectivity index (χ1v) is 14.3. The first-order chi connectivity index (χ1) is 18.9. The number of carbonyl (C=O) groups is 1. The Labute approximate surface area is 237 Å². The summed E-state index contributed by atoms with van der Waals surface area (Å²) >= 11 is 6.78. The summed E-state index contributed by atoms with van der Waals surface area (Å²) < 4.78 is 12.7. The lowest BCUT2D eigenvalue weighted by atomic mass is 9.87. The van der Waals surface area contributed by atoms with E-state index in [-0.39, 0.29) is 17.5 Å². The van der Waals surface area contributed by atoms with E-state index < -0.39 is 0 Å². The molecule has 0 unspecified atom stereocenters. The molecule has 1 amide bonds. The highest BCUT2D eigenvalue weighted by Crippen LogP contribution is 2.34. The number of ether oxygens (including phenoxy) is 2. The van der Waals surface area contributed by atoms with Crippen LogP contribution in [0.15, 0.2) is 52.3 Å². The second-order valence-corrected chi connectivity index (χ2v) is 11.7. The predicted octanol–water partition coefficient (Wildman–Crippen LogP) is 5.15. The first kappa shape index (κ1) is 27.2. The lowest BCUT2D eigenvalue weighted by molar-refractivity contribution is -0.122. The van der Waals surface area contributed by atoms with Crippen LogP contribution in [0.2, 0.25) is 0 Å². The molecule has 1 saturated heterocycles. The van der Waals surface area contributed by atoms with Crippen LogP contribution in [0.1, 0.15) is 43.7 Å². The van der Waals surface area contributed by atoms with Crippen molar-refractivity contribution >= 4 is 51.7 Å². The van der Waals surface area contributed by atoms with Gasteiger partial charge in [0.2, 0.25) is 0 Å². The molecule has 1 aromatic carbocycles. The van der Waals surface area contributed by atoms with E-state index >= 15 is 0 Å². The molecule has 10 heteroatoms. The van der Waals surface area contributed by atoms with Crippen molar-refractivity contribution in [2.45, 2.75) is 45.1 Å². The zero-order valence-electron chi connectivity index (χ0n) is 22.3. The van der Waals surface area contributed by atoms with Crippen molar-refractivity contribution in [2.24, 2.45) is 5.92 Å². The summed E-state index contributed by atoms with van der Waals surface area (Å²) in [6.45, 7) is 2.69. The maximum Gasteiger partial charge on any atom is 0.267 e. The molecule has 1 aliphatic carbocycles. The number of thioether (sulfide) groups is 1. The van der Waals surface area contributed by atoms with Gasteiger partial charge in [0.05, 0.1) is 24.7 Å². The van der Waals surface area contributed by atoms with Crippen molar-refractivity contribution in [1.82, 2.24) is 14.3 Å². The third-order valence-electron chi connectivity index (χ3n) is 7.35. The fourth-order valence-corrected chi connectivity index (χ4v) is 6.33. The molecule has 3 aromatic rings. The molecule has 0 radical (unpaired) electrons. The standard InChI is InChI=1S/C29H32N4O4S2/c1-18-7-10-20(11-8-18)30-26-21(27(34)32-14-5-4-6-25(32)31-26)17-24-28(35)33(29(38)39-24)15-13-19-9-12-22(36-2)23(16-19)37-3/h4-6,9,12,14,16-18,20,30H,7-8,10-11,13,15H2,1-3H3. The van der Waals surface area contributed by atoms with Crippen LogP contribution in [0.25, 0.3) is 11.7 Å². The van der Waals surface area contributed by atoms with Crippen molar-refractivity contribution in [3.05, 3.63) is 69.0 Å². The molecule has 8 nitrogen and oxygen atoms in total. The topological polar surface area (TPSA) is 85.2 Å². The monoisotopic (exact) mass is 564 g/mol. The van der Waals surface area contributed by atoms with Gasteiger partial charge in [-0.2, -0.15) is 0 Å². The third-order valence-corrected chi connectivity index (χ3v) is 8.72. The van der Waals surface area contributed by atoms with Gasteiger partial charge in [-0.3, -0.25) is 18.9 Å². The minimum atomic E-state index is -0.220. The highest BCUT2D eigenvalue weighted by atomic mass is 32.2. The van der Waals surface area contributed by atoms with Crippen LogP contribution in [0.5, 0.6) is 11.5 Å². The van der Waals surface area contributed by atoms with Crippen molar-refractivity contribution in [3.63, 3.8) is 0 Å². The van der Waals surface area contributed by atoms with Gasteiger partial charge in [-0.1, -0.05) is 43.0 Å². The third kappa shape index (κ3) is 5.81. The van der Waals surface area contributed by atoms with Crippen molar-refractivity contribution < 1.29 is 14.3 Å². The maximum absolute atomic E-state index is 13.6. The van der Waals surface area contributed by atoms with Gasteiger partial charge in [-0.05, 0) is 73.9 Å². The van der Waals surface area contributed by atoms with Gasteiger partial charge in [0.1, 0.15) is 15.8 Å². The summed E-state index contributed by atoms with van der Waals surface area (Å²) in [5.74, 6) is 2.30. The van der Waals surface area contributed by atoms with Crippen LogP contribution in [0, 0.1) is 5.92 Å². The molecule has 2 aromatic heterocycles. The van der Waals surface area contributed by atoms with Crippen molar-refractivity contribution in [3.8, 4) is 11.5 Å². The average Bonchev–Trinajstić information content (AvgIpc) is 3.22. The molecule has 3 heterocycles. The van der Waals surface area contributed by atoms with E-state index in [0.717, 1.165) is 31.2 Å².